The second kappa shape index (κ2) is 16.0. The molecular weight excluding hydrogens is 308 g/mol. The minimum atomic E-state index is 0.747. The van der Waals surface area contributed by atoms with E-state index in [1.807, 2.05) is 0 Å². The van der Waals surface area contributed by atoms with Crippen molar-refractivity contribution in [3.05, 3.63) is 0 Å². The van der Waals surface area contributed by atoms with E-state index >= 15 is 0 Å². The lowest BCUT2D eigenvalue weighted by Gasteiger charge is -2.31. The van der Waals surface area contributed by atoms with E-state index in [2.05, 4.69) is 41.2 Å². The average molecular weight is 355 g/mol. The minimum Gasteiger partial charge on any atom is -0.315 e. The molecule has 0 aromatic carbocycles. The molecule has 25 heavy (non-hydrogen) atoms. The third-order valence-corrected chi connectivity index (χ3v) is 5.45. The molecule has 0 amide bonds. The zero-order valence-electron chi connectivity index (χ0n) is 17.5. The van der Waals surface area contributed by atoms with Crippen molar-refractivity contribution in [2.75, 3.05) is 46.1 Å². The molecule has 4 heteroatoms. The Balaban J connectivity index is 2.30. The number of hydrogen-bond acceptors (Lipinski definition) is 4. The first-order valence-corrected chi connectivity index (χ1v) is 11.2. The molecule has 0 atom stereocenters. The van der Waals surface area contributed by atoms with Crippen molar-refractivity contribution in [3.63, 3.8) is 0 Å². The Bertz CT molecular complexity index is 277. The Hall–Kier alpha value is -0.160. The van der Waals surface area contributed by atoms with Gasteiger partial charge in [-0.3, -0.25) is 9.80 Å². The van der Waals surface area contributed by atoms with Crippen LogP contribution in [0.1, 0.15) is 85.0 Å². The van der Waals surface area contributed by atoms with E-state index in [-0.39, 0.29) is 0 Å². The van der Waals surface area contributed by atoms with Gasteiger partial charge in [-0.05, 0) is 45.3 Å². The maximum Gasteiger partial charge on any atom is 0.0518 e. The van der Waals surface area contributed by atoms with Crippen LogP contribution in [-0.2, 0) is 0 Å². The van der Waals surface area contributed by atoms with Crippen LogP contribution < -0.4 is 10.6 Å². The van der Waals surface area contributed by atoms with Gasteiger partial charge in [0, 0.05) is 25.8 Å². The molecule has 1 aliphatic rings. The Morgan fingerprint density at radius 2 is 1.52 bits per heavy atom. The fourth-order valence-electron chi connectivity index (χ4n) is 3.59. The lowest BCUT2D eigenvalue weighted by Crippen LogP contribution is -2.46. The highest BCUT2D eigenvalue weighted by Gasteiger charge is 2.14. The Morgan fingerprint density at radius 1 is 0.800 bits per heavy atom. The summed E-state index contributed by atoms with van der Waals surface area (Å²) in [5.74, 6) is 0. The van der Waals surface area contributed by atoms with Crippen molar-refractivity contribution >= 4 is 0 Å². The normalized spacial score (nSPS) is 16.7. The van der Waals surface area contributed by atoms with Gasteiger partial charge >= 0.3 is 0 Å². The van der Waals surface area contributed by atoms with Crippen molar-refractivity contribution in [2.45, 2.75) is 91.0 Å². The van der Waals surface area contributed by atoms with Crippen molar-refractivity contribution < 1.29 is 0 Å². The summed E-state index contributed by atoms with van der Waals surface area (Å²) in [6, 6.07) is 0.747. The van der Waals surface area contributed by atoms with E-state index in [4.69, 9.17) is 0 Å². The highest BCUT2D eigenvalue weighted by atomic mass is 15.3. The van der Waals surface area contributed by atoms with E-state index in [0.717, 1.165) is 32.5 Å². The van der Waals surface area contributed by atoms with Crippen LogP contribution in [0.2, 0.25) is 0 Å². The second-order valence-electron chi connectivity index (χ2n) is 7.75. The van der Waals surface area contributed by atoms with Crippen LogP contribution in [0, 0.1) is 0 Å². The first-order valence-electron chi connectivity index (χ1n) is 11.2. The molecule has 1 rings (SSSR count). The van der Waals surface area contributed by atoms with Gasteiger partial charge in [-0.2, -0.15) is 0 Å². The lowest BCUT2D eigenvalue weighted by atomic mass is 10.1. The van der Waals surface area contributed by atoms with Gasteiger partial charge in [0.1, 0.15) is 0 Å². The molecule has 0 unspecified atom stereocenters. The maximum atomic E-state index is 3.84. The van der Waals surface area contributed by atoms with Crippen molar-refractivity contribution in [3.8, 4) is 0 Å². The molecular formula is C21H46N4. The van der Waals surface area contributed by atoms with Crippen LogP contribution in [0.25, 0.3) is 0 Å². The first-order chi connectivity index (χ1) is 12.3. The summed E-state index contributed by atoms with van der Waals surface area (Å²) >= 11 is 0. The highest BCUT2D eigenvalue weighted by Crippen LogP contribution is 2.17. The second-order valence-corrected chi connectivity index (χ2v) is 7.75. The third kappa shape index (κ3) is 12.0. The summed E-state index contributed by atoms with van der Waals surface area (Å²) in [5, 5.41) is 7.44. The number of hydrogen-bond donors (Lipinski definition) is 2. The number of nitrogens with one attached hydrogen (secondary N) is 2. The Kier molecular flexibility index (Phi) is 14.7. The molecule has 0 spiro atoms. The fraction of sp³-hybridized carbons (Fsp3) is 1.00. The monoisotopic (exact) mass is 354 g/mol. The number of unbranched alkanes of at least 4 members (excludes halogenated alkanes) is 2. The van der Waals surface area contributed by atoms with Crippen LogP contribution in [0.5, 0.6) is 0 Å². The molecule has 4 nitrogen and oxygen atoms in total. The smallest absolute Gasteiger partial charge is 0.0518 e. The quantitative estimate of drug-likeness (QED) is 0.264. The van der Waals surface area contributed by atoms with E-state index < -0.39 is 0 Å². The lowest BCUT2D eigenvalue weighted by molar-refractivity contribution is 0.122. The van der Waals surface area contributed by atoms with E-state index in [1.165, 1.54) is 83.8 Å². The zero-order valence-corrected chi connectivity index (χ0v) is 17.5. The van der Waals surface area contributed by atoms with Gasteiger partial charge in [0.2, 0.25) is 0 Å². The van der Waals surface area contributed by atoms with Crippen LogP contribution in [0.4, 0.5) is 0 Å². The first kappa shape index (κ1) is 22.9. The Morgan fingerprint density at radius 3 is 2.16 bits per heavy atom. The largest absolute Gasteiger partial charge is 0.315 e. The number of nitrogens with zero attached hydrogens (tertiary/aromatic N) is 2. The van der Waals surface area contributed by atoms with Crippen LogP contribution in [0.3, 0.4) is 0 Å². The summed E-state index contributed by atoms with van der Waals surface area (Å²) in [7, 11) is 0. The van der Waals surface area contributed by atoms with E-state index in [1.54, 1.807) is 0 Å². The SMILES string of the molecule is CCCCNCCN(CCCC)CN(CC)CNC1CCCCCC1. The average Bonchev–Trinajstić information content (AvgIpc) is 2.91. The van der Waals surface area contributed by atoms with Crippen molar-refractivity contribution in [1.82, 2.24) is 20.4 Å². The standard InChI is InChI=1S/C21H46N4/c1-4-7-15-22-16-18-25(17-8-5-2)20-24(6-3)19-23-21-13-11-9-10-12-14-21/h21-23H,4-20H2,1-3H3. The molecule has 1 fully saturated rings. The topological polar surface area (TPSA) is 30.5 Å². The molecule has 0 heterocycles. The number of rotatable bonds is 15. The van der Waals surface area contributed by atoms with Gasteiger partial charge in [-0.15, -0.1) is 0 Å². The van der Waals surface area contributed by atoms with Crippen LogP contribution in [0.15, 0.2) is 0 Å². The molecule has 150 valence electrons. The Labute approximate surface area is 158 Å². The molecule has 0 aromatic heterocycles. The predicted molar refractivity (Wildman–Crippen MR) is 111 cm³/mol. The van der Waals surface area contributed by atoms with E-state index in [9.17, 15) is 0 Å². The third-order valence-electron chi connectivity index (χ3n) is 5.45. The van der Waals surface area contributed by atoms with Gasteiger partial charge in [0.25, 0.3) is 0 Å². The zero-order chi connectivity index (χ0) is 18.2. The van der Waals surface area contributed by atoms with Gasteiger partial charge in [0.15, 0.2) is 0 Å². The molecule has 0 radical (unpaired) electrons. The fourth-order valence-corrected chi connectivity index (χ4v) is 3.59. The van der Waals surface area contributed by atoms with Crippen molar-refractivity contribution in [2.24, 2.45) is 0 Å². The van der Waals surface area contributed by atoms with Crippen molar-refractivity contribution in [1.29, 1.82) is 0 Å². The molecule has 0 bridgehead atoms. The van der Waals surface area contributed by atoms with Gasteiger partial charge in [-0.1, -0.05) is 59.3 Å². The summed E-state index contributed by atoms with van der Waals surface area (Å²) in [5.41, 5.74) is 0. The summed E-state index contributed by atoms with van der Waals surface area (Å²) < 4.78 is 0. The molecule has 0 saturated heterocycles. The molecule has 0 aliphatic heterocycles. The minimum absolute atomic E-state index is 0.747. The van der Waals surface area contributed by atoms with Gasteiger partial charge < -0.3 is 10.6 Å². The molecule has 1 saturated carbocycles. The molecule has 2 N–H and O–H groups in total. The summed E-state index contributed by atoms with van der Waals surface area (Å²) in [4.78, 5) is 5.22. The summed E-state index contributed by atoms with van der Waals surface area (Å²) in [6.07, 6.45) is 13.6. The van der Waals surface area contributed by atoms with Gasteiger partial charge in [0.05, 0.1) is 6.67 Å². The highest BCUT2D eigenvalue weighted by molar-refractivity contribution is 4.71. The van der Waals surface area contributed by atoms with E-state index in [0.29, 0.717) is 0 Å². The summed E-state index contributed by atoms with van der Waals surface area (Å²) in [6.45, 7) is 14.8. The molecule has 1 aliphatic carbocycles. The van der Waals surface area contributed by atoms with Crippen LogP contribution in [-0.4, -0.2) is 61.9 Å². The maximum absolute atomic E-state index is 3.84. The molecule has 0 aromatic rings. The van der Waals surface area contributed by atoms with Crippen LogP contribution >= 0.6 is 0 Å². The van der Waals surface area contributed by atoms with Gasteiger partial charge in [-0.25, -0.2) is 0 Å². The predicted octanol–water partition coefficient (Wildman–Crippen LogP) is 4.03.